The molecule has 16 heteroatoms. The van der Waals surface area contributed by atoms with Crippen LogP contribution in [0.3, 0.4) is 0 Å². The molecule has 2 unspecified atom stereocenters. The highest BCUT2D eigenvalue weighted by molar-refractivity contribution is 7.89. The highest BCUT2D eigenvalue weighted by Crippen LogP contribution is 2.34. The lowest BCUT2D eigenvalue weighted by atomic mass is 10.1. The van der Waals surface area contributed by atoms with Crippen molar-refractivity contribution in [3.8, 4) is 5.75 Å². The van der Waals surface area contributed by atoms with Gasteiger partial charge in [-0.05, 0) is 36.8 Å². The summed E-state index contributed by atoms with van der Waals surface area (Å²) in [5.74, 6) is -2.48. The van der Waals surface area contributed by atoms with Crippen LogP contribution in [-0.4, -0.2) is 84.1 Å². The Morgan fingerprint density at radius 1 is 1.20 bits per heavy atom. The summed E-state index contributed by atoms with van der Waals surface area (Å²) in [5, 5.41) is 29.5. The number of carbonyl (C=O) groups is 4. The first kappa shape index (κ1) is 29.9. The van der Waals surface area contributed by atoms with E-state index in [1.54, 1.807) is 31.2 Å². The number of carboxylic acids is 2. The number of aliphatic carboxylic acids is 2. The summed E-state index contributed by atoms with van der Waals surface area (Å²) >= 11 is 6.09. The zero-order valence-corrected chi connectivity index (χ0v) is 23.3. The van der Waals surface area contributed by atoms with E-state index >= 15 is 0 Å². The predicted molar refractivity (Wildman–Crippen MR) is 145 cm³/mol. The summed E-state index contributed by atoms with van der Waals surface area (Å²) in [6.07, 6.45) is -1.67. The Morgan fingerprint density at radius 3 is 2.56 bits per heavy atom. The molecule has 0 spiro atoms. The molecule has 0 radical (unpaired) electrons. The number of halogens is 1. The summed E-state index contributed by atoms with van der Waals surface area (Å²) in [7, 11) is -4.15. The molecule has 3 atom stereocenters. The van der Waals surface area contributed by atoms with E-state index in [0.29, 0.717) is 17.0 Å². The summed E-state index contributed by atoms with van der Waals surface area (Å²) < 4.78 is 29.6. The lowest BCUT2D eigenvalue weighted by molar-refractivity contribution is -0.142. The molecule has 2 aliphatic rings. The second-order valence-electron chi connectivity index (χ2n) is 9.48. The van der Waals surface area contributed by atoms with Crippen LogP contribution < -0.4 is 20.5 Å². The van der Waals surface area contributed by atoms with Gasteiger partial charge in [-0.1, -0.05) is 23.7 Å². The SMILES string of the molecule is CCN(CCC(=O)O)C(=O)N1CC(Oc2cccc(C3NC(=O)c4cc(S(N)(=O)=O)c(Cl)cc4N3)c2)C[C@H]1C(=O)O. The molecule has 6 N–H and O–H groups in total. The number of hydrogen-bond donors (Lipinski definition) is 5. The molecule has 2 heterocycles. The number of benzene rings is 2. The number of likely N-dealkylation sites (tertiary alicyclic amines) is 1. The smallest absolute Gasteiger partial charge is 0.326 e. The second-order valence-corrected chi connectivity index (χ2v) is 11.4. The van der Waals surface area contributed by atoms with Crippen LogP contribution in [0.4, 0.5) is 10.5 Å². The van der Waals surface area contributed by atoms with Gasteiger partial charge in [0.15, 0.2) is 0 Å². The molecule has 41 heavy (non-hydrogen) atoms. The Balaban J connectivity index is 1.49. The van der Waals surface area contributed by atoms with Crippen LogP contribution in [0.5, 0.6) is 5.75 Å². The number of fused-ring (bicyclic) bond motifs is 1. The molecule has 4 rings (SSSR count). The predicted octanol–water partition coefficient (Wildman–Crippen LogP) is 1.66. The molecule has 1 fully saturated rings. The summed E-state index contributed by atoms with van der Waals surface area (Å²) in [5.41, 5.74) is 0.904. The first-order valence-corrected chi connectivity index (χ1v) is 14.4. The standard InChI is InChI=1S/C25H28ClN5O9S/c1-2-30(7-6-21(32)33)25(37)31-12-15(9-19(31)24(35)36)40-14-5-3-4-13(8-14)22-28-18-11-17(26)20(41(27,38)39)10-16(18)23(34)29-22/h3-5,8,10-11,15,19,22,28H,2,6-7,9,12H2,1H3,(H,29,34)(H,32,33)(H,35,36)(H2,27,38,39)/t15?,19-,22?/m0/s1. The molecule has 0 aliphatic carbocycles. The van der Waals surface area contributed by atoms with Gasteiger partial charge in [0, 0.05) is 19.5 Å². The zero-order chi connectivity index (χ0) is 30.1. The number of urea groups is 1. The third-order valence-corrected chi connectivity index (χ3v) is 8.11. The normalized spacial score (nSPS) is 20.0. The molecule has 2 aromatic carbocycles. The largest absolute Gasteiger partial charge is 0.488 e. The van der Waals surface area contributed by atoms with E-state index in [4.69, 9.17) is 26.6 Å². The van der Waals surface area contributed by atoms with Gasteiger partial charge in [0.05, 0.1) is 29.2 Å². The molecule has 0 bridgehead atoms. The van der Waals surface area contributed by atoms with Crippen molar-refractivity contribution in [3.05, 3.63) is 52.5 Å². The lowest BCUT2D eigenvalue weighted by Gasteiger charge is -2.29. The van der Waals surface area contributed by atoms with E-state index in [-0.39, 0.29) is 48.0 Å². The number of nitrogens with one attached hydrogen (secondary N) is 2. The van der Waals surface area contributed by atoms with Gasteiger partial charge in [-0.2, -0.15) is 0 Å². The minimum atomic E-state index is -4.15. The molecule has 3 amide bonds. The highest BCUT2D eigenvalue weighted by atomic mass is 35.5. The number of hydrogen-bond acceptors (Lipinski definition) is 8. The van der Waals surface area contributed by atoms with Crippen molar-refractivity contribution in [2.24, 2.45) is 5.14 Å². The Kier molecular flexibility index (Phi) is 8.60. The average molecular weight is 610 g/mol. The molecule has 220 valence electrons. The van der Waals surface area contributed by atoms with Gasteiger partial charge in [-0.15, -0.1) is 0 Å². The maximum atomic E-state index is 13.0. The Labute approximate surface area is 240 Å². The first-order chi connectivity index (χ1) is 19.3. The van der Waals surface area contributed by atoms with Gasteiger partial charge in [-0.25, -0.2) is 23.1 Å². The van der Waals surface area contributed by atoms with Crippen LogP contribution in [0.15, 0.2) is 41.3 Å². The van der Waals surface area contributed by atoms with E-state index in [1.807, 2.05) is 0 Å². The molecule has 0 aromatic heterocycles. The Hall–Kier alpha value is -4.08. The number of ether oxygens (including phenoxy) is 1. The van der Waals surface area contributed by atoms with Crippen molar-refractivity contribution in [3.63, 3.8) is 0 Å². The van der Waals surface area contributed by atoms with E-state index < -0.39 is 52.2 Å². The molecular formula is C25H28ClN5O9S. The van der Waals surface area contributed by atoms with Crippen molar-refractivity contribution >= 4 is 51.2 Å². The van der Waals surface area contributed by atoms with Crippen molar-refractivity contribution in [1.29, 1.82) is 0 Å². The summed E-state index contributed by atoms with van der Waals surface area (Å²) in [6, 6.07) is 7.31. The van der Waals surface area contributed by atoms with Gasteiger partial charge in [-0.3, -0.25) is 9.59 Å². The fourth-order valence-corrected chi connectivity index (χ4v) is 5.83. The summed E-state index contributed by atoms with van der Waals surface area (Å²) in [6.45, 7) is 1.80. The summed E-state index contributed by atoms with van der Waals surface area (Å²) in [4.78, 5) is 50.8. The van der Waals surface area contributed by atoms with Crippen molar-refractivity contribution in [2.45, 2.75) is 43.0 Å². The number of carboxylic acid groups (broad SMARTS) is 2. The second kappa shape index (κ2) is 11.8. The highest BCUT2D eigenvalue weighted by Gasteiger charge is 2.42. The van der Waals surface area contributed by atoms with E-state index in [1.165, 1.54) is 15.9 Å². The maximum absolute atomic E-state index is 13.0. The monoisotopic (exact) mass is 609 g/mol. The number of amides is 3. The number of anilines is 1. The molecule has 2 aromatic rings. The van der Waals surface area contributed by atoms with E-state index in [0.717, 1.165) is 6.07 Å². The van der Waals surface area contributed by atoms with Crippen LogP contribution in [-0.2, 0) is 19.6 Å². The van der Waals surface area contributed by atoms with Crippen LogP contribution in [0.25, 0.3) is 0 Å². The number of rotatable bonds is 9. The first-order valence-electron chi connectivity index (χ1n) is 12.5. The van der Waals surface area contributed by atoms with Crippen LogP contribution in [0, 0.1) is 0 Å². The van der Waals surface area contributed by atoms with Crippen LogP contribution >= 0.6 is 11.6 Å². The van der Waals surface area contributed by atoms with Gasteiger partial charge in [0.25, 0.3) is 5.91 Å². The molecular weight excluding hydrogens is 582 g/mol. The van der Waals surface area contributed by atoms with Gasteiger partial charge >= 0.3 is 18.0 Å². The van der Waals surface area contributed by atoms with E-state index in [2.05, 4.69) is 10.6 Å². The minimum Gasteiger partial charge on any atom is -0.488 e. The fraction of sp³-hybridized carbons (Fsp3) is 0.360. The van der Waals surface area contributed by atoms with Crippen molar-refractivity contribution in [1.82, 2.24) is 15.1 Å². The van der Waals surface area contributed by atoms with Crippen molar-refractivity contribution < 1.29 is 42.5 Å². The minimum absolute atomic E-state index is 0.0124. The molecule has 14 nitrogen and oxygen atoms in total. The number of carbonyl (C=O) groups excluding carboxylic acids is 2. The molecule has 2 aliphatic heterocycles. The van der Waals surface area contributed by atoms with Gasteiger partial charge < -0.3 is 35.4 Å². The molecule has 1 saturated heterocycles. The zero-order valence-electron chi connectivity index (χ0n) is 21.7. The number of nitrogens with two attached hydrogens (primary N) is 1. The van der Waals surface area contributed by atoms with Crippen LogP contribution in [0.2, 0.25) is 5.02 Å². The topological polar surface area (TPSA) is 209 Å². The van der Waals surface area contributed by atoms with Gasteiger partial charge in [0.2, 0.25) is 10.0 Å². The third kappa shape index (κ3) is 6.64. The third-order valence-electron chi connectivity index (χ3n) is 6.73. The molecule has 0 saturated carbocycles. The Bertz CT molecular complexity index is 1500. The number of primary sulfonamides is 1. The lowest BCUT2D eigenvalue weighted by Crippen LogP contribution is -2.48. The number of nitrogens with zero attached hydrogens (tertiary/aromatic N) is 2. The van der Waals surface area contributed by atoms with Crippen LogP contribution in [0.1, 0.15) is 41.9 Å². The Morgan fingerprint density at radius 2 is 1.93 bits per heavy atom. The number of sulfonamides is 1. The van der Waals surface area contributed by atoms with E-state index in [9.17, 15) is 32.7 Å². The maximum Gasteiger partial charge on any atom is 0.326 e. The fourth-order valence-electron chi connectivity index (χ4n) is 4.74. The quantitative estimate of drug-likeness (QED) is 0.277. The van der Waals surface area contributed by atoms with Gasteiger partial charge in [0.1, 0.15) is 29.0 Å². The average Bonchev–Trinajstić information content (AvgIpc) is 3.32. The van der Waals surface area contributed by atoms with Crippen molar-refractivity contribution in [2.75, 3.05) is 25.0 Å².